The van der Waals surface area contributed by atoms with Gasteiger partial charge < -0.3 is 10.6 Å². The minimum absolute atomic E-state index is 0.0599. The predicted octanol–water partition coefficient (Wildman–Crippen LogP) is 1.44. The molecule has 3 rings (SSSR count). The maximum atomic E-state index is 11.7. The first kappa shape index (κ1) is 13.2. The van der Waals surface area contributed by atoms with Crippen LogP contribution < -0.4 is 10.6 Å². The molecular weight excluding hydrogens is 274 g/mol. The van der Waals surface area contributed by atoms with Gasteiger partial charge in [-0.05, 0) is 19.1 Å². The molecule has 0 bridgehead atoms. The normalized spacial score (nSPS) is 22.1. The lowest BCUT2D eigenvalue weighted by atomic mass is 10.1. The highest BCUT2D eigenvalue weighted by Crippen LogP contribution is 2.33. The van der Waals surface area contributed by atoms with Crippen molar-refractivity contribution in [1.29, 1.82) is 0 Å². The van der Waals surface area contributed by atoms with Crippen LogP contribution in [0.15, 0.2) is 30.6 Å². The maximum Gasteiger partial charge on any atom is 0.154 e. The molecule has 2 aromatic rings. The van der Waals surface area contributed by atoms with Crippen molar-refractivity contribution in [2.75, 3.05) is 28.7 Å². The number of benzene rings is 1. The number of anilines is 2. The molecule has 20 heavy (non-hydrogen) atoms. The summed E-state index contributed by atoms with van der Waals surface area (Å²) in [6.45, 7) is 2.41. The molecule has 1 aliphatic rings. The van der Waals surface area contributed by atoms with Crippen LogP contribution in [0.2, 0.25) is 0 Å². The van der Waals surface area contributed by atoms with Crippen LogP contribution in [0.5, 0.6) is 0 Å². The molecule has 0 saturated carbocycles. The summed E-state index contributed by atoms with van der Waals surface area (Å²) < 4.78 is 23.3. The Hall–Kier alpha value is -1.82. The summed E-state index contributed by atoms with van der Waals surface area (Å²) in [7, 11) is -2.92. The van der Waals surface area contributed by atoms with Crippen molar-refractivity contribution in [1.82, 2.24) is 4.98 Å². The number of rotatable bonds is 1. The van der Waals surface area contributed by atoms with Gasteiger partial charge in [0, 0.05) is 35.8 Å². The number of nitrogen functional groups attached to an aromatic ring is 1. The first-order valence-electron chi connectivity index (χ1n) is 6.57. The van der Waals surface area contributed by atoms with E-state index in [4.69, 9.17) is 5.73 Å². The highest BCUT2D eigenvalue weighted by Gasteiger charge is 2.29. The molecule has 1 aromatic heterocycles. The van der Waals surface area contributed by atoms with Gasteiger partial charge in [0.25, 0.3) is 0 Å². The van der Waals surface area contributed by atoms with Gasteiger partial charge >= 0.3 is 0 Å². The van der Waals surface area contributed by atoms with Crippen molar-refractivity contribution < 1.29 is 8.42 Å². The zero-order valence-corrected chi connectivity index (χ0v) is 12.1. The molecule has 106 valence electrons. The van der Waals surface area contributed by atoms with Crippen molar-refractivity contribution in [2.24, 2.45) is 0 Å². The minimum atomic E-state index is -2.92. The average Bonchev–Trinajstić information content (AvgIpc) is 2.40. The number of hydrogen-bond donors (Lipinski definition) is 1. The Labute approximate surface area is 118 Å². The van der Waals surface area contributed by atoms with Crippen molar-refractivity contribution in [2.45, 2.75) is 13.0 Å². The van der Waals surface area contributed by atoms with Gasteiger partial charge in [0.2, 0.25) is 0 Å². The number of nitrogens with zero attached hydrogens (tertiary/aromatic N) is 2. The molecule has 1 saturated heterocycles. The third-order valence-electron chi connectivity index (χ3n) is 3.82. The molecular formula is C14H17N3O2S. The summed E-state index contributed by atoms with van der Waals surface area (Å²) >= 11 is 0. The van der Waals surface area contributed by atoms with Crippen LogP contribution in [0.25, 0.3) is 10.8 Å². The number of nitrogens with two attached hydrogens (primary N) is 1. The highest BCUT2D eigenvalue weighted by atomic mass is 32.2. The van der Waals surface area contributed by atoms with E-state index in [2.05, 4.69) is 9.88 Å². The number of aromatic nitrogens is 1. The largest absolute Gasteiger partial charge is 0.397 e. The first-order valence-corrected chi connectivity index (χ1v) is 8.39. The smallest absolute Gasteiger partial charge is 0.154 e. The fraction of sp³-hybridized carbons (Fsp3) is 0.357. The average molecular weight is 291 g/mol. The summed E-state index contributed by atoms with van der Waals surface area (Å²) in [5.74, 6) is 0.367. The van der Waals surface area contributed by atoms with Crippen molar-refractivity contribution in [3.8, 4) is 0 Å². The van der Waals surface area contributed by atoms with Crippen LogP contribution in [0.1, 0.15) is 6.92 Å². The third-order valence-corrected chi connectivity index (χ3v) is 5.61. The Bertz CT molecular complexity index is 758. The molecule has 1 fully saturated rings. The lowest BCUT2D eigenvalue weighted by molar-refractivity contribution is 0.568. The zero-order chi connectivity index (χ0) is 14.3. The van der Waals surface area contributed by atoms with Gasteiger partial charge in [-0.25, -0.2) is 8.42 Å². The Balaban J connectivity index is 2.05. The van der Waals surface area contributed by atoms with Crippen LogP contribution >= 0.6 is 0 Å². The second-order valence-electron chi connectivity index (χ2n) is 5.25. The molecule has 1 aromatic carbocycles. The molecule has 0 spiro atoms. The summed E-state index contributed by atoms with van der Waals surface area (Å²) in [6, 6.07) is 5.76. The second kappa shape index (κ2) is 4.63. The third kappa shape index (κ3) is 2.20. The molecule has 2 heterocycles. The molecule has 0 radical (unpaired) electrons. The van der Waals surface area contributed by atoms with E-state index in [0.717, 1.165) is 16.5 Å². The van der Waals surface area contributed by atoms with E-state index in [1.807, 2.05) is 25.1 Å². The minimum Gasteiger partial charge on any atom is -0.397 e. The lowest BCUT2D eigenvalue weighted by Gasteiger charge is -2.36. The predicted molar refractivity (Wildman–Crippen MR) is 81.6 cm³/mol. The summed E-state index contributed by atoms with van der Waals surface area (Å²) in [5, 5.41) is 1.95. The molecule has 5 nitrogen and oxygen atoms in total. The quantitative estimate of drug-likeness (QED) is 0.805. The van der Waals surface area contributed by atoms with E-state index in [9.17, 15) is 8.42 Å². The van der Waals surface area contributed by atoms with Gasteiger partial charge in [-0.1, -0.05) is 6.07 Å². The van der Waals surface area contributed by atoms with E-state index in [1.165, 1.54) is 0 Å². The Morgan fingerprint density at radius 1 is 1.35 bits per heavy atom. The van der Waals surface area contributed by atoms with Crippen molar-refractivity contribution in [3.05, 3.63) is 30.6 Å². The molecule has 2 N–H and O–H groups in total. The molecule has 1 atom stereocenters. The van der Waals surface area contributed by atoms with Gasteiger partial charge in [-0.15, -0.1) is 0 Å². The van der Waals surface area contributed by atoms with Gasteiger partial charge in [0.05, 0.1) is 22.9 Å². The molecule has 6 heteroatoms. The highest BCUT2D eigenvalue weighted by molar-refractivity contribution is 7.91. The number of hydrogen-bond acceptors (Lipinski definition) is 5. The first-order chi connectivity index (χ1) is 9.48. The van der Waals surface area contributed by atoms with Crippen LogP contribution in [-0.2, 0) is 9.84 Å². The van der Waals surface area contributed by atoms with Crippen LogP contribution in [0, 0.1) is 0 Å². The van der Waals surface area contributed by atoms with E-state index < -0.39 is 9.84 Å². The SMILES string of the molecule is CC1CS(=O)(=O)CCN1c1ccc2cnccc2c1N. The summed E-state index contributed by atoms with van der Waals surface area (Å²) in [6.07, 6.45) is 3.49. The Morgan fingerprint density at radius 3 is 2.90 bits per heavy atom. The lowest BCUT2D eigenvalue weighted by Crippen LogP contribution is -2.47. The fourth-order valence-electron chi connectivity index (χ4n) is 2.79. The molecule has 1 unspecified atom stereocenters. The van der Waals surface area contributed by atoms with Crippen LogP contribution in [0.3, 0.4) is 0 Å². The standard InChI is InChI=1S/C14H17N3O2S/c1-10-9-20(18,19)7-6-17(10)13-3-2-11-8-16-5-4-12(11)14(13)15/h2-5,8,10H,6-7,9,15H2,1H3. The van der Waals surface area contributed by atoms with Crippen LogP contribution in [0.4, 0.5) is 11.4 Å². The molecule has 1 aliphatic heterocycles. The Morgan fingerprint density at radius 2 is 2.15 bits per heavy atom. The van der Waals surface area contributed by atoms with Gasteiger partial charge in [0.15, 0.2) is 9.84 Å². The maximum absolute atomic E-state index is 11.7. The van der Waals surface area contributed by atoms with E-state index in [-0.39, 0.29) is 17.5 Å². The van der Waals surface area contributed by atoms with E-state index >= 15 is 0 Å². The fourth-order valence-corrected chi connectivity index (χ4v) is 4.34. The monoisotopic (exact) mass is 291 g/mol. The second-order valence-corrected chi connectivity index (χ2v) is 7.48. The number of pyridine rings is 1. The topological polar surface area (TPSA) is 76.3 Å². The van der Waals surface area contributed by atoms with Gasteiger partial charge in [-0.2, -0.15) is 0 Å². The summed E-state index contributed by atoms with van der Waals surface area (Å²) in [4.78, 5) is 6.16. The molecule has 0 aliphatic carbocycles. The van der Waals surface area contributed by atoms with Gasteiger partial charge in [-0.3, -0.25) is 4.98 Å². The van der Waals surface area contributed by atoms with E-state index in [0.29, 0.717) is 12.2 Å². The Kier molecular flexibility index (Phi) is 3.05. The van der Waals surface area contributed by atoms with E-state index in [1.54, 1.807) is 12.4 Å². The number of fused-ring (bicyclic) bond motifs is 1. The van der Waals surface area contributed by atoms with Crippen molar-refractivity contribution in [3.63, 3.8) is 0 Å². The van der Waals surface area contributed by atoms with Crippen LogP contribution in [-0.4, -0.2) is 37.5 Å². The summed E-state index contributed by atoms with van der Waals surface area (Å²) in [5.41, 5.74) is 7.86. The number of sulfone groups is 1. The van der Waals surface area contributed by atoms with Crippen molar-refractivity contribution >= 4 is 32.0 Å². The zero-order valence-electron chi connectivity index (χ0n) is 11.3. The molecule has 0 amide bonds. The van der Waals surface area contributed by atoms with Gasteiger partial charge in [0.1, 0.15) is 0 Å².